The standard InChI is InChI=1S/C24H25N2Si.C5H8O2.Ir/c1-15-9-16(2)11-18(10-15)23-21-14-26-24-20(19(21)7-8-25-23)12-17(3)13-22(24)27(4,5)6;1-4(6)3-5(2)7;/h7-10,12-14H,1-6H3;3,6H,1-2H3;/q-1;;/b;4-3-;. The van der Waals surface area contributed by atoms with E-state index in [0.29, 0.717) is 0 Å². The van der Waals surface area contributed by atoms with Crippen molar-refractivity contribution in [2.45, 2.75) is 54.3 Å². The largest absolute Gasteiger partial charge is 0.512 e. The molecule has 0 atom stereocenters. The molecule has 0 bridgehead atoms. The van der Waals surface area contributed by atoms with E-state index in [1.165, 1.54) is 47.0 Å². The Morgan fingerprint density at radius 2 is 1.60 bits per heavy atom. The summed E-state index contributed by atoms with van der Waals surface area (Å²) in [6.45, 7) is 16.4. The number of pyridine rings is 2. The summed E-state index contributed by atoms with van der Waals surface area (Å²) in [5.74, 6) is -0.0625. The Balaban J connectivity index is 0.000000476. The first-order valence-electron chi connectivity index (χ1n) is 11.4. The van der Waals surface area contributed by atoms with Crippen molar-refractivity contribution in [2.24, 2.45) is 0 Å². The minimum Gasteiger partial charge on any atom is -0.512 e. The summed E-state index contributed by atoms with van der Waals surface area (Å²) in [4.78, 5) is 19.6. The molecule has 4 aromatic rings. The van der Waals surface area contributed by atoms with Gasteiger partial charge < -0.3 is 10.1 Å². The minimum atomic E-state index is -1.49. The Morgan fingerprint density at radius 3 is 2.14 bits per heavy atom. The molecule has 2 heterocycles. The number of benzene rings is 2. The zero-order chi connectivity index (χ0) is 25.2. The van der Waals surface area contributed by atoms with Gasteiger partial charge in [0.15, 0.2) is 5.78 Å². The number of aliphatic hydroxyl groups excluding tert-OH is 1. The van der Waals surface area contributed by atoms with Gasteiger partial charge in [0.05, 0.1) is 19.3 Å². The minimum absolute atomic E-state index is 0. The topological polar surface area (TPSA) is 63.1 Å². The van der Waals surface area contributed by atoms with Crippen LogP contribution < -0.4 is 5.19 Å². The van der Waals surface area contributed by atoms with Crippen LogP contribution in [0.25, 0.3) is 32.9 Å². The third kappa shape index (κ3) is 6.94. The summed E-state index contributed by atoms with van der Waals surface area (Å²) in [5.41, 5.74) is 6.81. The maximum Gasteiger partial charge on any atom is 0.155 e. The summed E-state index contributed by atoms with van der Waals surface area (Å²) in [7, 11) is -1.49. The van der Waals surface area contributed by atoms with Crippen molar-refractivity contribution in [3.05, 3.63) is 77.3 Å². The van der Waals surface area contributed by atoms with Crippen LogP contribution in [0.3, 0.4) is 0 Å². The average molecular weight is 662 g/mol. The normalized spacial score (nSPS) is 11.6. The van der Waals surface area contributed by atoms with E-state index < -0.39 is 8.07 Å². The fraction of sp³-hybridized carbons (Fsp3) is 0.276. The van der Waals surface area contributed by atoms with Crippen molar-refractivity contribution in [1.29, 1.82) is 0 Å². The van der Waals surface area contributed by atoms with Crippen molar-refractivity contribution < 1.29 is 30.0 Å². The van der Waals surface area contributed by atoms with Gasteiger partial charge in [0, 0.05) is 44.0 Å². The van der Waals surface area contributed by atoms with E-state index >= 15 is 0 Å². The van der Waals surface area contributed by atoms with E-state index in [0.717, 1.165) is 27.7 Å². The van der Waals surface area contributed by atoms with Crippen LogP contribution in [-0.2, 0) is 24.9 Å². The Labute approximate surface area is 222 Å². The quantitative estimate of drug-likeness (QED) is 0.0868. The molecule has 6 heteroatoms. The summed E-state index contributed by atoms with van der Waals surface area (Å²) in [5, 5.41) is 13.3. The molecule has 0 amide bonds. The maximum atomic E-state index is 10.0. The number of nitrogens with zero attached hydrogens (tertiary/aromatic N) is 2. The summed E-state index contributed by atoms with van der Waals surface area (Å²) in [6.07, 6.45) is 5.09. The second kappa shape index (κ2) is 11.4. The SMILES string of the molecule is CC(=O)/C=C(/C)O.Cc1[c-]c(-c2nccc3c2cnc2c([Si](C)(C)C)cc(C)cc23)cc(C)c1.[Ir]. The molecule has 1 radical (unpaired) electrons. The predicted molar refractivity (Wildman–Crippen MR) is 146 cm³/mol. The second-order valence-electron chi connectivity index (χ2n) is 9.99. The molecule has 0 unspecified atom stereocenters. The number of ketones is 1. The van der Waals surface area contributed by atoms with E-state index in [1.807, 2.05) is 12.4 Å². The van der Waals surface area contributed by atoms with E-state index in [2.05, 4.69) is 76.8 Å². The van der Waals surface area contributed by atoms with Gasteiger partial charge in [0.1, 0.15) is 0 Å². The molecule has 0 aliphatic rings. The van der Waals surface area contributed by atoms with E-state index in [1.54, 1.807) is 0 Å². The van der Waals surface area contributed by atoms with Gasteiger partial charge in [-0.15, -0.1) is 34.9 Å². The Bertz CT molecular complexity index is 1400. The van der Waals surface area contributed by atoms with E-state index in [4.69, 9.17) is 15.1 Å². The number of aryl methyl sites for hydroxylation is 3. The summed E-state index contributed by atoms with van der Waals surface area (Å²) >= 11 is 0. The zero-order valence-electron chi connectivity index (χ0n) is 21.7. The third-order valence-electron chi connectivity index (χ3n) is 5.48. The predicted octanol–water partition coefficient (Wildman–Crippen LogP) is 6.76. The number of carbonyl (C=O) groups is 1. The van der Waals surface area contributed by atoms with E-state index in [-0.39, 0.29) is 31.6 Å². The number of hydrogen-bond acceptors (Lipinski definition) is 4. The first-order valence-corrected chi connectivity index (χ1v) is 14.9. The first-order chi connectivity index (χ1) is 15.9. The monoisotopic (exact) mass is 662 g/mol. The average Bonchev–Trinajstić information content (AvgIpc) is 2.70. The van der Waals surface area contributed by atoms with Crippen LogP contribution in [0.15, 0.2) is 54.6 Å². The van der Waals surface area contributed by atoms with E-state index in [9.17, 15) is 4.79 Å². The van der Waals surface area contributed by atoms with Crippen LogP contribution in [0.5, 0.6) is 0 Å². The number of hydrogen-bond donors (Lipinski definition) is 1. The number of aromatic nitrogens is 2. The molecule has 0 spiro atoms. The van der Waals surface area contributed by atoms with Gasteiger partial charge in [-0.25, -0.2) is 0 Å². The Kier molecular flexibility index (Phi) is 9.29. The smallest absolute Gasteiger partial charge is 0.155 e. The molecular formula is C29H33IrN2O2Si-. The summed E-state index contributed by atoms with van der Waals surface area (Å²) < 4.78 is 0. The van der Waals surface area contributed by atoms with Crippen molar-refractivity contribution in [3.63, 3.8) is 0 Å². The summed E-state index contributed by atoms with van der Waals surface area (Å²) in [6, 6.07) is 14.5. The molecular weight excluding hydrogens is 629 g/mol. The molecule has 0 saturated carbocycles. The van der Waals surface area contributed by atoms with Crippen LogP contribution >= 0.6 is 0 Å². The number of aliphatic hydroxyl groups is 1. The van der Waals surface area contributed by atoms with Crippen molar-refractivity contribution in [3.8, 4) is 11.3 Å². The van der Waals surface area contributed by atoms with Crippen molar-refractivity contribution in [1.82, 2.24) is 9.97 Å². The molecule has 2 aromatic heterocycles. The van der Waals surface area contributed by atoms with Gasteiger partial charge >= 0.3 is 0 Å². The van der Waals surface area contributed by atoms with Gasteiger partial charge in [0.2, 0.25) is 0 Å². The van der Waals surface area contributed by atoms with Crippen LogP contribution in [0.2, 0.25) is 19.6 Å². The zero-order valence-corrected chi connectivity index (χ0v) is 25.1. The van der Waals surface area contributed by atoms with Gasteiger partial charge in [-0.1, -0.05) is 45.1 Å². The molecule has 4 rings (SSSR count). The third-order valence-corrected chi connectivity index (χ3v) is 7.48. The molecule has 4 nitrogen and oxygen atoms in total. The second-order valence-corrected chi connectivity index (χ2v) is 15.0. The van der Waals surface area contributed by atoms with Crippen molar-refractivity contribution in [2.75, 3.05) is 0 Å². The molecule has 0 aliphatic carbocycles. The van der Waals surface area contributed by atoms with Gasteiger partial charge in [-0.05, 0) is 54.6 Å². The van der Waals surface area contributed by atoms with Crippen LogP contribution in [-0.4, -0.2) is 28.9 Å². The molecule has 35 heavy (non-hydrogen) atoms. The molecule has 2 aromatic carbocycles. The maximum absolute atomic E-state index is 10.0. The van der Waals surface area contributed by atoms with Gasteiger partial charge in [-0.2, -0.15) is 0 Å². The fourth-order valence-corrected chi connectivity index (χ4v) is 5.76. The molecule has 1 N–H and O–H groups in total. The van der Waals surface area contributed by atoms with Crippen molar-refractivity contribution >= 4 is 40.7 Å². The van der Waals surface area contributed by atoms with Crippen LogP contribution in [0.4, 0.5) is 0 Å². The number of carbonyl (C=O) groups excluding carboxylic acids is 1. The van der Waals surface area contributed by atoms with Gasteiger partial charge in [0.25, 0.3) is 0 Å². The number of allylic oxidation sites excluding steroid dienone is 2. The number of fused-ring (bicyclic) bond motifs is 3. The molecule has 0 fully saturated rings. The Hall–Kier alpha value is -2.66. The van der Waals surface area contributed by atoms with Crippen LogP contribution in [0, 0.1) is 26.8 Å². The number of rotatable bonds is 3. The Morgan fingerprint density at radius 1 is 0.943 bits per heavy atom. The molecule has 185 valence electrons. The molecule has 0 aliphatic heterocycles. The fourth-order valence-electron chi connectivity index (χ4n) is 4.19. The van der Waals surface area contributed by atoms with Crippen LogP contribution in [0.1, 0.15) is 30.5 Å². The first kappa shape index (κ1) is 28.6. The molecule has 0 saturated heterocycles. The van der Waals surface area contributed by atoms with Gasteiger partial charge in [-0.3, -0.25) is 9.78 Å².